The minimum Gasteiger partial charge on any atom is -0.484 e. The van der Waals surface area contributed by atoms with Crippen LogP contribution in [0.15, 0.2) is 42.9 Å². The van der Waals surface area contributed by atoms with Crippen molar-refractivity contribution in [1.29, 1.82) is 5.26 Å². The molecule has 0 radical (unpaired) electrons. The van der Waals surface area contributed by atoms with Gasteiger partial charge in [0.2, 0.25) is 0 Å². The number of hydrogen-bond donors (Lipinski definition) is 1. The van der Waals surface area contributed by atoms with Crippen molar-refractivity contribution in [2.45, 2.75) is 19.4 Å². The van der Waals surface area contributed by atoms with Crippen molar-refractivity contribution >= 4 is 28.0 Å². The summed E-state index contributed by atoms with van der Waals surface area (Å²) in [4.78, 5) is 21.6. The lowest BCUT2D eigenvalue weighted by Crippen LogP contribution is -2.21. The van der Waals surface area contributed by atoms with Gasteiger partial charge in [0.25, 0.3) is 0 Å². The van der Waals surface area contributed by atoms with Crippen molar-refractivity contribution in [3.05, 3.63) is 58.5 Å². The average Bonchev–Trinajstić information content (AvgIpc) is 2.72. The fourth-order valence-electron chi connectivity index (χ4n) is 2.96. The summed E-state index contributed by atoms with van der Waals surface area (Å²) in [6.45, 7) is 2.67. The highest BCUT2D eigenvalue weighted by Gasteiger charge is 2.22. The maximum atomic E-state index is 11.7. The number of aromatic nitrogens is 2. The van der Waals surface area contributed by atoms with Crippen LogP contribution in [-0.2, 0) is 0 Å². The molecule has 0 aliphatic carbocycles. The van der Waals surface area contributed by atoms with Gasteiger partial charge in [-0.2, -0.15) is 5.26 Å². The van der Waals surface area contributed by atoms with E-state index in [0.717, 1.165) is 13.0 Å². The van der Waals surface area contributed by atoms with Crippen molar-refractivity contribution < 1.29 is 9.66 Å². The summed E-state index contributed by atoms with van der Waals surface area (Å²) in [6, 6.07) is 8.53. The van der Waals surface area contributed by atoms with Crippen LogP contribution in [0, 0.1) is 21.4 Å². The van der Waals surface area contributed by atoms with Gasteiger partial charge < -0.3 is 15.0 Å². The summed E-state index contributed by atoms with van der Waals surface area (Å²) < 4.78 is 5.88. The second-order valence-electron chi connectivity index (χ2n) is 7.13. The minimum atomic E-state index is -0.483. The number of ether oxygens (including phenoxy) is 1. The number of hydrogen-bond acceptors (Lipinski definition) is 8. The van der Waals surface area contributed by atoms with Gasteiger partial charge in [0.15, 0.2) is 5.75 Å². The van der Waals surface area contributed by atoms with Crippen LogP contribution in [0.5, 0.6) is 5.75 Å². The lowest BCUT2D eigenvalue weighted by Gasteiger charge is -2.18. The van der Waals surface area contributed by atoms with Gasteiger partial charge in [-0.25, -0.2) is 0 Å². The van der Waals surface area contributed by atoms with Gasteiger partial charge in [-0.05, 0) is 39.6 Å². The quantitative estimate of drug-likeness (QED) is 0.442. The van der Waals surface area contributed by atoms with Gasteiger partial charge in [0, 0.05) is 48.3 Å². The number of nitrogens with one attached hydrogen (secondary N) is 1. The number of benzene rings is 1. The highest BCUT2D eigenvalue weighted by Crippen LogP contribution is 2.37. The smallest absolute Gasteiger partial charge is 0.311 e. The van der Waals surface area contributed by atoms with Crippen LogP contribution in [0.25, 0.3) is 10.9 Å². The number of fused-ring (bicyclic) bond motifs is 1. The Labute approximate surface area is 174 Å². The molecule has 0 amide bonds. The number of rotatable bonds is 8. The zero-order valence-corrected chi connectivity index (χ0v) is 17.0. The molecule has 1 N–H and O–H groups in total. The highest BCUT2D eigenvalue weighted by atomic mass is 16.6. The van der Waals surface area contributed by atoms with Crippen molar-refractivity contribution in [2.75, 3.05) is 26.0 Å². The molecule has 9 nitrogen and oxygen atoms in total. The molecule has 30 heavy (non-hydrogen) atoms. The van der Waals surface area contributed by atoms with Gasteiger partial charge in [0.1, 0.15) is 6.07 Å². The largest absolute Gasteiger partial charge is 0.484 e. The van der Waals surface area contributed by atoms with Crippen molar-refractivity contribution in [3.8, 4) is 11.8 Å². The number of pyridine rings is 2. The normalized spacial score (nSPS) is 11.8. The molecule has 0 bridgehead atoms. The summed E-state index contributed by atoms with van der Waals surface area (Å²) in [6.07, 6.45) is 5.17. The first-order valence-electron chi connectivity index (χ1n) is 9.38. The first kappa shape index (κ1) is 21.0. The maximum Gasteiger partial charge on any atom is 0.311 e. The Morgan fingerprint density at radius 3 is 2.70 bits per heavy atom. The Hall–Kier alpha value is -3.77. The van der Waals surface area contributed by atoms with Crippen LogP contribution in [0.1, 0.15) is 18.9 Å². The van der Waals surface area contributed by atoms with Crippen LogP contribution in [-0.4, -0.2) is 46.5 Å². The van der Waals surface area contributed by atoms with Crippen LogP contribution in [0.2, 0.25) is 0 Å². The molecule has 1 unspecified atom stereocenters. The third-order valence-electron chi connectivity index (χ3n) is 4.53. The fraction of sp³-hybridized carbons (Fsp3) is 0.286. The highest BCUT2D eigenvalue weighted by molar-refractivity contribution is 5.98. The van der Waals surface area contributed by atoms with E-state index in [1.807, 2.05) is 25.9 Å². The van der Waals surface area contributed by atoms with Crippen molar-refractivity contribution in [1.82, 2.24) is 14.9 Å². The Morgan fingerprint density at radius 2 is 2.07 bits per heavy atom. The number of nitriles is 1. The lowest BCUT2D eigenvalue weighted by molar-refractivity contribution is -0.385. The van der Waals surface area contributed by atoms with Gasteiger partial charge in [-0.15, -0.1) is 0 Å². The number of nitro groups is 1. The van der Waals surface area contributed by atoms with E-state index in [2.05, 4.69) is 21.4 Å². The Balaban J connectivity index is 2.06. The van der Waals surface area contributed by atoms with E-state index < -0.39 is 4.92 Å². The number of nitro benzene ring substituents is 1. The summed E-state index contributed by atoms with van der Waals surface area (Å²) in [5.74, 6) is 0.158. The zero-order chi connectivity index (χ0) is 21.7. The van der Waals surface area contributed by atoms with Gasteiger partial charge in [-0.1, -0.05) is 0 Å². The van der Waals surface area contributed by atoms with E-state index in [1.54, 1.807) is 30.6 Å². The molecule has 0 fully saturated rings. The van der Waals surface area contributed by atoms with E-state index in [4.69, 9.17) is 4.74 Å². The molecule has 2 aromatic heterocycles. The SMILES string of the molecule is CC(CCN(C)C)Oc1cc2ncc(C#N)c(Nc3ccncc3)c2cc1[N+](=O)[O-]. The summed E-state index contributed by atoms with van der Waals surface area (Å²) in [5, 5.41) is 24.9. The molecule has 0 saturated heterocycles. The molecule has 0 spiro atoms. The first-order chi connectivity index (χ1) is 14.4. The molecular formula is C21H22N6O3. The van der Waals surface area contributed by atoms with Gasteiger partial charge in [0.05, 0.1) is 27.8 Å². The minimum absolute atomic E-state index is 0.158. The predicted molar refractivity (Wildman–Crippen MR) is 114 cm³/mol. The van der Waals surface area contributed by atoms with E-state index in [-0.39, 0.29) is 23.1 Å². The summed E-state index contributed by atoms with van der Waals surface area (Å²) in [5.41, 5.74) is 1.75. The fourth-order valence-corrected chi connectivity index (χ4v) is 2.96. The van der Waals surface area contributed by atoms with Gasteiger partial charge in [-0.3, -0.25) is 20.1 Å². The molecule has 2 heterocycles. The van der Waals surface area contributed by atoms with E-state index in [1.165, 1.54) is 12.3 Å². The third-order valence-corrected chi connectivity index (χ3v) is 4.53. The predicted octanol–water partition coefficient (Wildman–Crippen LogP) is 3.87. The summed E-state index contributed by atoms with van der Waals surface area (Å²) >= 11 is 0. The zero-order valence-electron chi connectivity index (χ0n) is 17.0. The van der Waals surface area contributed by atoms with Crippen LogP contribution in [0.3, 0.4) is 0 Å². The maximum absolute atomic E-state index is 11.7. The number of nitrogens with zero attached hydrogens (tertiary/aromatic N) is 5. The van der Waals surface area contributed by atoms with E-state index in [0.29, 0.717) is 22.3 Å². The third kappa shape index (κ3) is 4.79. The second kappa shape index (κ2) is 9.15. The van der Waals surface area contributed by atoms with Crippen LogP contribution >= 0.6 is 0 Å². The van der Waals surface area contributed by atoms with Crippen molar-refractivity contribution in [3.63, 3.8) is 0 Å². The standard InChI is InChI=1S/C21H22N6O3/c1-14(6-9-26(2)3)30-20-11-18-17(10-19(20)27(28)29)21(15(12-22)13-24-18)25-16-4-7-23-8-5-16/h4-5,7-8,10-11,13-14H,6,9H2,1-3H3,(H,23,24,25). The van der Waals surface area contributed by atoms with Crippen molar-refractivity contribution in [2.24, 2.45) is 0 Å². The molecule has 154 valence electrons. The molecule has 9 heteroatoms. The second-order valence-corrected chi connectivity index (χ2v) is 7.13. The molecule has 3 rings (SSSR count). The van der Waals surface area contributed by atoms with Crippen LogP contribution in [0.4, 0.5) is 17.1 Å². The molecule has 3 aromatic rings. The van der Waals surface area contributed by atoms with E-state index >= 15 is 0 Å². The Kier molecular flexibility index (Phi) is 6.39. The summed E-state index contributed by atoms with van der Waals surface area (Å²) in [7, 11) is 3.92. The van der Waals surface area contributed by atoms with Crippen LogP contribution < -0.4 is 10.1 Å². The molecule has 0 saturated carbocycles. The lowest BCUT2D eigenvalue weighted by atomic mass is 10.1. The molecule has 1 atom stereocenters. The van der Waals surface area contributed by atoms with E-state index in [9.17, 15) is 15.4 Å². The molecule has 0 aliphatic rings. The monoisotopic (exact) mass is 406 g/mol. The molecular weight excluding hydrogens is 384 g/mol. The number of anilines is 2. The molecule has 1 aromatic carbocycles. The Bertz CT molecular complexity index is 1100. The first-order valence-corrected chi connectivity index (χ1v) is 9.38. The van der Waals surface area contributed by atoms with Gasteiger partial charge >= 0.3 is 5.69 Å². The average molecular weight is 406 g/mol. The Morgan fingerprint density at radius 1 is 1.33 bits per heavy atom. The topological polar surface area (TPSA) is 117 Å². The molecule has 0 aliphatic heterocycles.